The van der Waals surface area contributed by atoms with E-state index in [-0.39, 0.29) is 11.4 Å². The molecule has 1 aromatic rings. The molecule has 0 aliphatic carbocycles. The van der Waals surface area contributed by atoms with Gasteiger partial charge in [-0.05, 0) is 38.2 Å². The standard InChI is InChI=1S/C19H30N4O3/c1-25-13-11-23-17(5-8-20-23)18(24)21-9-3-6-19(15-21)7-10-22(19)14-16-4-2-12-26-16/h5,8,16H,2-4,6-7,9-15H2,1H3/t16-,19-/m1/s1. The molecule has 4 rings (SSSR count). The molecular formula is C19H30N4O3. The number of rotatable bonds is 6. The summed E-state index contributed by atoms with van der Waals surface area (Å²) in [6.45, 7) is 5.89. The number of amides is 1. The van der Waals surface area contributed by atoms with Gasteiger partial charge in [0, 0.05) is 51.6 Å². The molecule has 1 amide bonds. The lowest BCUT2D eigenvalue weighted by molar-refractivity contribution is -0.0808. The zero-order valence-corrected chi connectivity index (χ0v) is 15.7. The monoisotopic (exact) mass is 362 g/mol. The molecule has 3 fully saturated rings. The Kier molecular flexibility index (Phi) is 5.29. The molecule has 1 aromatic heterocycles. The lowest BCUT2D eigenvalue weighted by atomic mass is 9.77. The third-order valence-electron chi connectivity index (χ3n) is 6.25. The quantitative estimate of drug-likeness (QED) is 0.765. The summed E-state index contributed by atoms with van der Waals surface area (Å²) in [5, 5.41) is 4.29. The summed E-state index contributed by atoms with van der Waals surface area (Å²) in [4.78, 5) is 17.7. The van der Waals surface area contributed by atoms with Crippen LogP contribution in [0.2, 0.25) is 0 Å². The summed E-state index contributed by atoms with van der Waals surface area (Å²) in [5.74, 6) is 0.0987. The molecule has 7 nitrogen and oxygen atoms in total. The van der Waals surface area contributed by atoms with Gasteiger partial charge in [-0.15, -0.1) is 0 Å². The second-order valence-corrected chi connectivity index (χ2v) is 7.82. The molecule has 0 bridgehead atoms. The van der Waals surface area contributed by atoms with Gasteiger partial charge in [-0.2, -0.15) is 5.10 Å². The number of aromatic nitrogens is 2. The van der Waals surface area contributed by atoms with Gasteiger partial charge in [0.15, 0.2) is 0 Å². The van der Waals surface area contributed by atoms with Crippen LogP contribution in [0, 0.1) is 0 Å². The summed E-state index contributed by atoms with van der Waals surface area (Å²) in [6, 6.07) is 1.82. The van der Waals surface area contributed by atoms with Crippen LogP contribution in [0.25, 0.3) is 0 Å². The number of carbonyl (C=O) groups is 1. The van der Waals surface area contributed by atoms with Crippen molar-refractivity contribution in [3.05, 3.63) is 18.0 Å². The molecule has 2 atom stereocenters. The van der Waals surface area contributed by atoms with E-state index in [2.05, 4.69) is 10.00 Å². The van der Waals surface area contributed by atoms with Gasteiger partial charge in [-0.25, -0.2) is 0 Å². The highest BCUT2D eigenvalue weighted by atomic mass is 16.5. The largest absolute Gasteiger partial charge is 0.383 e. The van der Waals surface area contributed by atoms with E-state index in [0.717, 1.165) is 39.2 Å². The van der Waals surface area contributed by atoms with Crippen LogP contribution in [-0.2, 0) is 16.0 Å². The van der Waals surface area contributed by atoms with Gasteiger partial charge < -0.3 is 14.4 Å². The van der Waals surface area contributed by atoms with Gasteiger partial charge in [0.25, 0.3) is 5.91 Å². The zero-order chi connectivity index (χ0) is 18.0. The van der Waals surface area contributed by atoms with E-state index < -0.39 is 0 Å². The Balaban J connectivity index is 1.41. The Labute approximate surface area is 155 Å². The zero-order valence-electron chi connectivity index (χ0n) is 15.7. The Morgan fingerprint density at radius 2 is 2.31 bits per heavy atom. The van der Waals surface area contributed by atoms with Crippen LogP contribution in [0.15, 0.2) is 12.3 Å². The number of methoxy groups -OCH3 is 1. The maximum atomic E-state index is 13.1. The van der Waals surface area contributed by atoms with Gasteiger partial charge in [-0.1, -0.05) is 0 Å². The van der Waals surface area contributed by atoms with Crippen LogP contribution in [0.5, 0.6) is 0 Å². The molecule has 0 unspecified atom stereocenters. The number of piperidine rings is 1. The van der Waals surface area contributed by atoms with Crippen LogP contribution in [-0.4, -0.2) is 83.6 Å². The van der Waals surface area contributed by atoms with Crippen molar-refractivity contribution in [1.29, 1.82) is 0 Å². The number of hydrogen-bond acceptors (Lipinski definition) is 5. The van der Waals surface area contributed by atoms with E-state index in [1.54, 1.807) is 18.0 Å². The molecule has 0 N–H and O–H groups in total. The Hall–Kier alpha value is -1.44. The maximum absolute atomic E-state index is 13.1. The first-order chi connectivity index (χ1) is 12.7. The maximum Gasteiger partial charge on any atom is 0.272 e. The van der Waals surface area contributed by atoms with Crippen LogP contribution >= 0.6 is 0 Å². The number of ether oxygens (including phenoxy) is 2. The molecule has 0 radical (unpaired) electrons. The third kappa shape index (κ3) is 3.40. The van der Waals surface area contributed by atoms with Gasteiger partial charge in [0.05, 0.1) is 19.3 Å². The average molecular weight is 362 g/mol. The van der Waals surface area contributed by atoms with Crippen molar-refractivity contribution < 1.29 is 14.3 Å². The SMILES string of the molecule is COCCn1nccc1C(=O)N1CCC[C@@]2(CCN2C[C@H]2CCCO2)C1. The van der Waals surface area contributed by atoms with E-state index in [1.807, 2.05) is 11.0 Å². The van der Waals surface area contributed by atoms with Crippen molar-refractivity contribution >= 4 is 5.91 Å². The third-order valence-corrected chi connectivity index (χ3v) is 6.25. The van der Waals surface area contributed by atoms with E-state index in [0.29, 0.717) is 24.9 Å². The Bertz CT molecular complexity index is 628. The number of carbonyl (C=O) groups excluding carboxylic acids is 1. The summed E-state index contributed by atoms with van der Waals surface area (Å²) >= 11 is 0. The molecule has 144 valence electrons. The van der Waals surface area contributed by atoms with E-state index >= 15 is 0 Å². The van der Waals surface area contributed by atoms with E-state index in [9.17, 15) is 4.79 Å². The predicted molar refractivity (Wildman–Crippen MR) is 97.1 cm³/mol. The first-order valence-electron chi connectivity index (χ1n) is 9.88. The minimum atomic E-state index is 0.0987. The molecule has 0 saturated carbocycles. The molecule has 1 spiro atoms. The number of likely N-dealkylation sites (tertiary alicyclic amines) is 2. The summed E-state index contributed by atoms with van der Waals surface area (Å²) in [6.07, 6.45) is 7.89. The lowest BCUT2D eigenvalue weighted by Gasteiger charge is -2.57. The van der Waals surface area contributed by atoms with Crippen molar-refractivity contribution in [2.45, 2.75) is 50.3 Å². The second kappa shape index (κ2) is 7.66. The second-order valence-electron chi connectivity index (χ2n) is 7.82. The highest BCUT2D eigenvalue weighted by Gasteiger charge is 2.48. The fourth-order valence-corrected chi connectivity index (χ4v) is 4.69. The summed E-state index contributed by atoms with van der Waals surface area (Å²) in [5.41, 5.74) is 0.834. The number of nitrogens with zero attached hydrogens (tertiary/aromatic N) is 4. The van der Waals surface area contributed by atoms with Crippen LogP contribution in [0.4, 0.5) is 0 Å². The molecule has 26 heavy (non-hydrogen) atoms. The first kappa shape index (κ1) is 17.9. The predicted octanol–water partition coefficient (Wildman–Crippen LogP) is 1.39. The fourth-order valence-electron chi connectivity index (χ4n) is 4.69. The topological polar surface area (TPSA) is 59.8 Å². The van der Waals surface area contributed by atoms with E-state index in [4.69, 9.17) is 9.47 Å². The molecule has 4 heterocycles. The molecule has 0 aromatic carbocycles. The molecule has 3 saturated heterocycles. The normalized spacial score (nSPS) is 29.3. The van der Waals surface area contributed by atoms with Crippen molar-refractivity contribution in [2.24, 2.45) is 0 Å². The highest BCUT2D eigenvalue weighted by molar-refractivity contribution is 5.92. The molecule has 3 aliphatic rings. The highest BCUT2D eigenvalue weighted by Crippen LogP contribution is 2.39. The summed E-state index contributed by atoms with van der Waals surface area (Å²) < 4.78 is 12.7. The van der Waals surface area contributed by atoms with Crippen LogP contribution in [0.1, 0.15) is 42.6 Å². The Morgan fingerprint density at radius 3 is 3.04 bits per heavy atom. The number of hydrogen-bond donors (Lipinski definition) is 0. The van der Waals surface area contributed by atoms with Crippen molar-refractivity contribution in [1.82, 2.24) is 19.6 Å². The minimum absolute atomic E-state index is 0.0987. The Morgan fingerprint density at radius 1 is 1.38 bits per heavy atom. The fraction of sp³-hybridized carbons (Fsp3) is 0.789. The lowest BCUT2D eigenvalue weighted by Crippen LogP contribution is -2.68. The summed E-state index contributed by atoms with van der Waals surface area (Å²) in [7, 11) is 1.67. The first-order valence-corrected chi connectivity index (χ1v) is 9.88. The molecular weight excluding hydrogens is 332 g/mol. The van der Waals surface area contributed by atoms with Gasteiger partial charge in [0.1, 0.15) is 5.69 Å². The van der Waals surface area contributed by atoms with Gasteiger partial charge in [-0.3, -0.25) is 14.4 Å². The van der Waals surface area contributed by atoms with Crippen LogP contribution < -0.4 is 0 Å². The van der Waals surface area contributed by atoms with Gasteiger partial charge >= 0.3 is 0 Å². The molecule has 7 heteroatoms. The van der Waals surface area contributed by atoms with Crippen molar-refractivity contribution in [3.8, 4) is 0 Å². The smallest absolute Gasteiger partial charge is 0.272 e. The molecule has 3 aliphatic heterocycles. The van der Waals surface area contributed by atoms with Gasteiger partial charge in [0.2, 0.25) is 0 Å². The van der Waals surface area contributed by atoms with Crippen molar-refractivity contribution in [3.63, 3.8) is 0 Å². The average Bonchev–Trinajstić information content (AvgIpc) is 3.34. The van der Waals surface area contributed by atoms with Crippen LogP contribution in [0.3, 0.4) is 0 Å². The minimum Gasteiger partial charge on any atom is -0.383 e. The van der Waals surface area contributed by atoms with E-state index in [1.165, 1.54) is 25.7 Å². The van der Waals surface area contributed by atoms with Crippen molar-refractivity contribution in [2.75, 3.05) is 46.5 Å².